The molecule has 29 heavy (non-hydrogen) atoms. The van der Waals surface area contributed by atoms with Crippen molar-refractivity contribution in [2.24, 2.45) is 0 Å². The molecule has 152 valence electrons. The Labute approximate surface area is 170 Å². The van der Waals surface area contributed by atoms with E-state index in [-0.39, 0.29) is 12.6 Å². The van der Waals surface area contributed by atoms with Gasteiger partial charge in [-0.3, -0.25) is 0 Å². The van der Waals surface area contributed by atoms with Crippen molar-refractivity contribution < 1.29 is 14.3 Å². The quantitative estimate of drug-likeness (QED) is 0.561. The van der Waals surface area contributed by atoms with Crippen molar-refractivity contribution in [2.75, 3.05) is 13.2 Å². The van der Waals surface area contributed by atoms with Gasteiger partial charge < -0.3 is 9.47 Å². The first-order chi connectivity index (χ1) is 14.2. The fraction of sp³-hybridized carbons (Fsp3) is 0.455. The van der Waals surface area contributed by atoms with Crippen molar-refractivity contribution in [2.45, 2.75) is 52.0 Å². The van der Waals surface area contributed by atoms with Crippen molar-refractivity contribution in [3.05, 3.63) is 36.2 Å². The number of aryl methyl sites for hydroxylation is 1. The van der Waals surface area contributed by atoms with Crippen LogP contribution in [0.4, 0.5) is 0 Å². The normalized spacial score (nSPS) is 14.4. The van der Waals surface area contributed by atoms with Gasteiger partial charge in [0.25, 0.3) is 0 Å². The molecule has 1 aromatic carbocycles. The Hall–Kier alpha value is -2.96. The molecule has 1 saturated carbocycles. The van der Waals surface area contributed by atoms with Crippen molar-refractivity contribution in [3.63, 3.8) is 0 Å². The molecule has 0 amide bonds. The summed E-state index contributed by atoms with van der Waals surface area (Å²) in [5.41, 5.74) is 2.78. The number of fused-ring (bicyclic) bond motifs is 1. The molecule has 0 spiro atoms. The number of ether oxygens (including phenoxy) is 2. The Kier molecular flexibility index (Phi) is 5.74. The number of esters is 1. The summed E-state index contributed by atoms with van der Waals surface area (Å²) in [6.07, 6.45) is 7.51. The van der Waals surface area contributed by atoms with Crippen LogP contribution >= 0.6 is 0 Å². The monoisotopic (exact) mass is 394 g/mol. The Balaban J connectivity index is 1.65. The first-order valence-corrected chi connectivity index (χ1v) is 10.3. The lowest BCUT2D eigenvalue weighted by Gasteiger charge is -2.11. The van der Waals surface area contributed by atoms with E-state index in [0.29, 0.717) is 24.2 Å². The molecule has 2 heterocycles. The van der Waals surface area contributed by atoms with Gasteiger partial charge in [0.05, 0.1) is 23.7 Å². The van der Waals surface area contributed by atoms with E-state index >= 15 is 0 Å². The van der Waals surface area contributed by atoms with E-state index in [1.165, 1.54) is 12.8 Å². The highest BCUT2D eigenvalue weighted by atomic mass is 16.6. The van der Waals surface area contributed by atoms with Crippen LogP contribution in [0.15, 0.2) is 30.5 Å². The smallest absolute Gasteiger partial charge is 0.344 e. The van der Waals surface area contributed by atoms with E-state index in [9.17, 15) is 4.79 Å². The van der Waals surface area contributed by atoms with Gasteiger partial charge in [0.15, 0.2) is 18.1 Å². The maximum atomic E-state index is 11.5. The lowest BCUT2D eigenvalue weighted by atomic mass is 10.2. The van der Waals surface area contributed by atoms with Gasteiger partial charge in [-0.05, 0) is 38.3 Å². The van der Waals surface area contributed by atoms with Crippen LogP contribution in [0.3, 0.4) is 0 Å². The van der Waals surface area contributed by atoms with Crippen molar-refractivity contribution in [1.29, 1.82) is 0 Å². The lowest BCUT2D eigenvalue weighted by molar-refractivity contribution is -0.145. The second kappa shape index (κ2) is 8.59. The largest absolute Gasteiger partial charge is 0.482 e. The molecule has 0 saturated heterocycles. The number of nitrogens with zero attached hydrogens (tertiary/aromatic N) is 4. The zero-order valence-corrected chi connectivity index (χ0v) is 16.9. The molecular weight excluding hydrogens is 368 g/mol. The molecule has 0 radical (unpaired) electrons. The minimum atomic E-state index is -0.386. The van der Waals surface area contributed by atoms with Gasteiger partial charge in [0.2, 0.25) is 0 Å². The molecule has 2 aromatic heterocycles. The molecule has 1 fully saturated rings. The second-order valence-electron chi connectivity index (χ2n) is 7.24. The molecule has 0 unspecified atom stereocenters. The summed E-state index contributed by atoms with van der Waals surface area (Å²) in [6.45, 7) is 4.10. The summed E-state index contributed by atoms with van der Waals surface area (Å²) in [5, 5.41) is 5.87. The second-order valence-corrected chi connectivity index (χ2v) is 7.24. The molecule has 1 aliphatic carbocycles. The third-order valence-electron chi connectivity index (χ3n) is 5.28. The first-order valence-electron chi connectivity index (χ1n) is 10.3. The summed E-state index contributed by atoms with van der Waals surface area (Å²) in [6, 6.07) is 7.88. The van der Waals surface area contributed by atoms with E-state index < -0.39 is 0 Å². The Morgan fingerprint density at radius 3 is 2.83 bits per heavy atom. The number of benzene rings is 1. The Morgan fingerprint density at radius 1 is 1.24 bits per heavy atom. The van der Waals surface area contributed by atoms with Crippen LogP contribution in [0.5, 0.6) is 5.75 Å². The molecule has 0 N–H and O–H groups in total. The lowest BCUT2D eigenvalue weighted by Crippen LogP contribution is -2.14. The van der Waals surface area contributed by atoms with Crippen LogP contribution in [0.2, 0.25) is 0 Å². The van der Waals surface area contributed by atoms with E-state index in [0.717, 1.165) is 41.6 Å². The minimum absolute atomic E-state index is 0.120. The molecule has 7 heteroatoms. The average molecular weight is 394 g/mol. The van der Waals surface area contributed by atoms with Crippen LogP contribution in [0, 0.1) is 0 Å². The van der Waals surface area contributed by atoms with Crippen molar-refractivity contribution >= 4 is 17.0 Å². The standard InChI is InChI=1S/C22H26N4O3/c1-3-19-18-13-23-21(24-22(18)26(25-19)16-9-5-6-10-16)15-8-7-11-17(12-15)29-14-20(27)28-4-2/h7-8,11-13,16H,3-6,9-10,14H2,1-2H3. The van der Waals surface area contributed by atoms with E-state index in [1.807, 2.05) is 24.4 Å². The first kappa shape index (κ1) is 19.4. The van der Waals surface area contributed by atoms with Gasteiger partial charge in [0, 0.05) is 11.8 Å². The van der Waals surface area contributed by atoms with Gasteiger partial charge in [-0.2, -0.15) is 5.10 Å². The van der Waals surface area contributed by atoms with Gasteiger partial charge >= 0.3 is 5.97 Å². The topological polar surface area (TPSA) is 79.1 Å². The molecule has 0 atom stereocenters. The van der Waals surface area contributed by atoms with Gasteiger partial charge in [-0.25, -0.2) is 19.4 Å². The maximum absolute atomic E-state index is 11.5. The Morgan fingerprint density at radius 2 is 2.07 bits per heavy atom. The van der Waals surface area contributed by atoms with Crippen LogP contribution in [-0.4, -0.2) is 38.9 Å². The number of rotatable bonds is 7. The summed E-state index contributed by atoms with van der Waals surface area (Å²) >= 11 is 0. The summed E-state index contributed by atoms with van der Waals surface area (Å²) in [5.74, 6) is 0.821. The number of hydrogen-bond donors (Lipinski definition) is 0. The molecule has 0 aliphatic heterocycles. The fourth-order valence-corrected chi connectivity index (χ4v) is 3.86. The molecular formula is C22H26N4O3. The zero-order valence-electron chi connectivity index (χ0n) is 16.9. The van der Waals surface area contributed by atoms with E-state index in [2.05, 4.69) is 16.6 Å². The summed E-state index contributed by atoms with van der Waals surface area (Å²) in [7, 11) is 0. The molecule has 7 nitrogen and oxygen atoms in total. The molecule has 1 aliphatic rings. The van der Waals surface area contributed by atoms with E-state index in [1.54, 1.807) is 13.0 Å². The number of hydrogen-bond acceptors (Lipinski definition) is 6. The van der Waals surface area contributed by atoms with Crippen molar-refractivity contribution in [1.82, 2.24) is 19.7 Å². The highest BCUT2D eigenvalue weighted by Gasteiger charge is 2.22. The SMILES string of the molecule is CCOC(=O)COc1cccc(-c2ncc3c(CC)nn(C4CCCC4)c3n2)c1. The van der Waals surface area contributed by atoms with Crippen LogP contribution in [-0.2, 0) is 16.0 Å². The maximum Gasteiger partial charge on any atom is 0.344 e. The predicted molar refractivity (Wildman–Crippen MR) is 110 cm³/mol. The van der Waals surface area contributed by atoms with Crippen LogP contribution in [0.1, 0.15) is 51.3 Å². The third kappa shape index (κ3) is 4.09. The van der Waals surface area contributed by atoms with E-state index in [4.69, 9.17) is 19.6 Å². The highest BCUT2D eigenvalue weighted by molar-refractivity contribution is 5.79. The summed E-state index contributed by atoms with van der Waals surface area (Å²) < 4.78 is 12.6. The van der Waals surface area contributed by atoms with Crippen LogP contribution < -0.4 is 4.74 Å². The minimum Gasteiger partial charge on any atom is -0.482 e. The number of carbonyl (C=O) groups is 1. The van der Waals surface area contributed by atoms with Crippen molar-refractivity contribution in [3.8, 4) is 17.1 Å². The summed E-state index contributed by atoms with van der Waals surface area (Å²) in [4.78, 5) is 21.0. The zero-order chi connectivity index (χ0) is 20.2. The fourth-order valence-electron chi connectivity index (χ4n) is 3.86. The molecule has 4 rings (SSSR count). The molecule has 3 aromatic rings. The number of carbonyl (C=O) groups excluding carboxylic acids is 1. The Bertz CT molecular complexity index is 1010. The van der Waals surface area contributed by atoms with Gasteiger partial charge in [-0.15, -0.1) is 0 Å². The molecule has 0 bridgehead atoms. The van der Waals surface area contributed by atoms with Crippen LogP contribution in [0.25, 0.3) is 22.4 Å². The van der Waals surface area contributed by atoms with Gasteiger partial charge in [0.1, 0.15) is 5.75 Å². The average Bonchev–Trinajstić information content (AvgIpc) is 3.40. The third-order valence-corrected chi connectivity index (χ3v) is 5.28. The number of aromatic nitrogens is 4. The highest BCUT2D eigenvalue weighted by Crippen LogP contribution is 2.33. The van der Waals surface area contributed by atoms with Gasteiger partial charge in [-0.1, -0.05) is 31.9 Å². The predicted octanol–water partition coefficient (Wildman–Crippen LogP) is 4.11.